The summed E-state index contributed by atoms with van der Waals surface area (Å²) in [6, 6.07) is 8.26. The van der Waals surface area contributed by atoms with E-state index in [1.54, 1.807) is 7.11 Å². The first-order valence-corrected chi connectivity index (χ1v) is 5.80. The molecular weight excluding hydrogens is 236 g/mol. The maximum absolute atomic E-state index is 5.19. The molecule has 4 heteroatoms. The van der Waals surface area contributed by atoms with Crippen molar-refractivity contribution in [3.05, 3.63) is 30.1 Å². The second-order valence-electron chi connectivity index (χ2n) is 3.95. The van der Waals surface area contributed by atoms with Gasteiger partial charge in [0, 0.05) is 13.7 Å². The molecule has 0 N–H and O–H groups in total. The lowest BCUT2D eigenvalue weighted by molar-refractivity contribution is 0.174. The van der Waals surface area contributed by atoms with Gasteiger partial charge in [-0.15, -0.1) is 12.4 Å². The van der Waals surface area contributed by atoms with Crippen molar-refractivity contribution in [2.24, 2.45) is 0 Å². The van der Waals surface area contributed by atoms with E-state index in [4.69, 9.17) is 4.74 Å². The van der Waals surface area contributed by atoms with Gasteiger partial charge in [0.05, 0.1) is 11.0 Å². The third-order valence-corrected chi connectivity index (χ3v) is 2.74. The number of rotatable bonds is 5. The number of unbranched alkanes of at least 4 members (excludes halogenated alkanes) is 1. The second-order valence-corrected chi connectivity index (χ2v) is 3.95. The van der Waals surface area contributed by atoms with E-state index >= 15 is 0 Å². The van der Waals surface area contributed by atoms with Crippen molar-refractivity contribution in [1.82, 2.24) is 9.55 Å². The highest BCUT2D eigenvalue weighted by Crippen LogP contribution is 2.17. The number of imidazole rings is 1. The summed E-state index contributed by atoms with van der Waals surface area (Å²) in [6.45, 7) is 3.81. The standard InChI is InChI=1S/C13H18N2O.ClH/c1-3-4-9-15-12-8-6-5-7-11(12)14-13(15)10-16-2;/h5-8H,3-4,9-10H2,1-2H3;1H. The van der Waals surface area contributed by atoms with Gasteiger partial charge in [-0.05, 0) is 18.6 Å². The zero-order valence-corrected chi connectivity index (χ0v) is 11.2. The average molecular weight is 255 g/mol. The van der Waals surface area contributed by atoms with Gasteiger partial charge in [0.1, 0.15) is 12.4 Å². The largest absolute Gasteiger partial charge is 0.377 e. The molecule has 0 amide bonds. The number of para-hydroxylation sites is 2. The minimum absolute atomic E-state index is 0. The number of fused-ring (bicyclic) bond motifs is 1. The Hall–Kier alpha value is -1.06. The number of hydrogen-bond donors (Lipinski definition) is 0. The summed E-state index contributed by atoms with van der Waals surface area (Å²) >= 11 is 0. The van der Waals surface area contributed by atoms with Gasteiger partial charge in [-0.1, -0.05) is 25.5 Å². The Labute approximate surface area is 108 Å². The summed E-state index contributed by atoms with van der Waals surface area (Å²) < 4.78 is 7.46. The van der Waals surface area contributed by atoms with E-state index < -0.39 is 0 Å². The molecule has 0 fully saturated rings. The van der Waals surface area contributed by atoms with Crippen molar-refractivity contribution in [3.8, 4) is 0 Å². The molecule has 0 saturated heterocycles. The monoisotopic (exact) mass is 254 g/mol. The molecule has 0 spiro atoms. The van der Waals surface area contributed by atoms with Crippen LogP contribution in [0.5, 0.6) is 0 Å². The maximum Gasteiger partial charge on any atom is 0.135 e. The van der Waals surface area contributed by atoms with E-state index in [0.717, 1.165) is 17.9 Å². The normalized spacial score (nSPS) is 10.5. The second kappa shape index (κ2) is 6.62. The van der Waals surface area contributed by atoms with E-state index in [0.29, 0.717) is 6.61 Å². The van der Waals surface area contributed by atoms with Crippen molar-refractivity contribution in [2.75, 3.05) is 7.11 Å². The fraction of sp³-hybridized carbons (Fsp3) is 0.462. The summed E-state index contributed by atoms with van der Waals surface area (Å²) in [7, 11) is 1.71. The molecular formula is C13H19ClN2O. The van der Waals surface area contributed by atoms with Crippen molar-refractivity contribution in [3.63, 3.8) is 0 Å². The number of methoxy groups -OCH3 is 1. The van der Waals surface area contributed by atoms with E-state index in [1.165, 1.54) is 18.4 Å². The molecule has 1 aromatic carbocycles. The Morgan fingerprint density at radius 1 is 1.29 bits per heavy atom. The van der Waals surface area contributed by atoms with Gasteiger partial charge in [-0.25, -0.2) is 4.98 Å². The number of benzene rings is 1. The highest BCUT2D eigenvalue weighted by atomic mass is 35.5. The molecule has 1 aromatic heterocycles. The van der Waals surface area contributed by atoms with Crippen LogP contribution in [0.25, 0.3) is 11.0 Å². The van der Waals surface area contributed by atoms with Gasteiger partial charge < -0.3 is 9.30 Å². The van der Waals surface area contributed by atoms with E-state index in [-0.39, 0.29) is 12.4 Å². The first-order valence-electron chi connectivity index (χ1n) is 5.80. The third kappa shape index (κ3) is 2.99. The van der Waals surface area contributed by atoms with Crippen LogP contribution in [0, 0.1) is 0 Å². The van der Waals surface area contributed by atoms with Crippen molar-refractivity contribution >= 4 is 23.4 Å². The lowest BCUT2D eigenvalue weighted by Gasteiger charge is -2.07. The summed E-state index contributed by atoms with van der Waals surface area (Å²) in [5, 5.41) is 0. The van der Waals surface area contributed by atoms with Crippen LogP contribution in [0.15, 0.2) is 24.3 Å². The van der Waals surface area contributed by atoms with Crippen molar-refractivity contribution in [1.29, 1.82) is 0 Å². The summed E-state index contributed by atoms with van der Waals surface area (Å²) in [4.78, 5) is 4.59. The van der Waals surface area contributed by atoms with Gasteiger partial charge in [-0.3, -0.25) is 0 Å². The van der Waals surface area contributed by atoms with Crippen LogP contribution in [0.4, 0.5) is 0 Å². The van der Waals surface area contributed by atoms with Crippen LogP contribution in [0.1, 0.15) is 25.6 Å². The summed E-state index contributed by atoms with van der Waals surface area (Å²) in [6.07, 6.45) is 2.37. The number of ether oxygens (including phenoxy) is 1. The number of hydrogen-bond acceptors (Lipinski definition) is 2. The van der Waals surface area contributed by atoms with Crippen LogP contribution in [0.3, 0.4) is 0 Å². The van der Waals surface area contributed by atoms with Gasteiger partial charge >= 0.3 is 0 Å². The fourth-order valence-corrected chi connectivity index (χ4v) is 1.93. The smallest absolute Gasteiger partial charge is 0.135 e. The number of halogens is 1. The van der Waals surface area contributed by atoms with Gasteiger partial charge in [0.2, 0.25) is 0 Å². The van der Waals surface area contributed by atoms with Gasteiger partial charge in [0.25, 0.3) is 0 Å². The predicted molar refractivity (Wildman–Crippen MR) is 72.6 cm³/mol. The molecule has 0 saturated carbocycles. The van der Waals surface area contributed by atoms with Crippen LogP contribution >= 0.6 is 12.4 Å². The number of aromatic nitrogens is 2. The van der Waals surface area contributed by atoms with Crippen LogP contribution < -0.4 is 0 Å². The Morgan fingerprint density at radius 2 is 2.06 bits per heavy atom. The summed E-state index contributed by atoms with van der Waals surface area (Å²) in [5.74, 6) is 1.03. The molecule has 3 nitrogen and oxygen atoms in total. The molecule has 17 heavy (non-hydrogen) atoms. The van der Waals surface area contributed by atoms with E-state index in [9.17, 15) is 0 Å². The predicted octanol–water partition coefficient (Wildman–Crippen LogP) is 3.40. The Kier molecular flexibility index (Phi) is 5.45. The average Bonchev–Trinajstić information content (AvgIpc) is 2.65. The highest BCUT2D eigenvalue weighted by molar-refractivity contribution is 5.85. The van der Waals surface area contributed by atoms with Crippen molar-refractivity contribution in [2.45, 2.75) is 32.9 Å². The molecule has 0 unspecified atom stereocenters. The van der Waals surface area contributed by atoms with E-state index in [2.05, 4.69) is 34.7 Å². The fourth-order valence-electron chi connectivity index (χ4n) is 1.93. The minimum Gasteiger partial charge on any atom is -0.377 e. The molecule has 0 aliphatic heterocycles. The molecule has 1 heterocycles. The Morgan fingerprint density at radius 3 is 2.76 bits per heavy atom. The van der Waals surface area contributed by atoms with Crippen LogP contribution in [-0.4, -0.2) is 16.7 Å². The topological polar surface area (TPSA) is 27.1 Å². The molecule has 0 aliphatic carbocycles. The number of nitrogens with zero attached hydrogens (tertiary/aromatic N) is 2. The van der Waals surface area contributed by atoms with Crippen LogP contribution in [-0.2, 0) is 17.9 Å². The molecule has 94 valence electrons. The minimum atomic E-state index is 0. The first kappa shape index (κ1) is 14.0. The van der Waals surface area contributed by atoms with Crippen LogP contribution in [0.2, 0.25) is 0 Å². The number of aryl methyl sites for hydroxylation is 1. The maximum atomic E-state index is 5.19. The molecule has 0 radical (unpaired) electrons. The lowest BCUT2D eigenvalue weighted by Crippen LogP contribution is -2.04. The molecule has 2 rings (SSSR count). The lowest BCUT2D eigenvalue weighted by atomic mass is 10.3. The highest BCUT2D eigenvalue weighted by Gasteiger charge is 2.08. The Balaban J connectivity index is 0.00000144. The zero-order valence-electron chi connectivity index (χ0n) is 10.3. The molecule has 0 aliphatic rings. The first-order chi connectivity index (χ1) is 7.86. The molecule has 2 aromatic rings. The Bertz CT molecular complexity index is 467. The quantitative estimate of drug-likeness (QED) is 0.818. The zero-order chi connectivity index (χ0) is 11.4. The summed E-state index contributed by atoms with van der Waals surface area (Å²) in [5.41, 5.74) is 2.27. The van der Waals surface area contributed by atoms with Gasteiger partial charge in [-0.2, -0.15) is 0 Å². The van der Waals surface area contributed by atoms with Gasteiger partial charge in [0.15, 0.2) is 0 Å². The van der Waals surface area contributed by atoms with E-state index in [1.807, 2.05) is 6.07 Å². The van der Waals surface area contributed by atoms with Crippen molar-refractivity contribution < 1.29 is 4.74 Å². The molecule has 0 atom stereocenters. The third-order valence-electron chi connectivity index (χ3n) is 2.74. The SMILES string of the molecule is CCCCn1c(COC)nc2ccccc21.Cl. The molecule has 0 bridgehead atoms.